The van der Waals surface area contributed by atoms with Crippen molar-refractivity contribution in [2.24, 2.45) is 0 Å². The van der Waals surface area contributed by atoms with Gasteiger partial charge in [-0.2, -0.15) is 22.0 Å². The minimum Gasteiger partial charge on any atom is -0.434 e. The summed E-state index contributed by atoms with van der Waals surface area (Å²) in [5.74, 6) is -3.07. The predicted molar refractivity (Wildman–Crippen MR) is 81.3 cm³/mol. The van der Waals surface area contributed by atoms with Gasteiger partial charge in [0.2, 0.25) is 5.16 Å². The summed E-state index contributed by atoms with van der Waals surface area (Å²) in [5.41, 5.74) is 1.54. The fourth-order valence-electron chi connectivity index (χ4n) is 1.73. The molecular formula is C12H8BrF5N4O2S. The Morgan fingerprint density at radius 2 is 2.04 bits per heavy atom. The number of benzene rings is 1. The molecule has 0 spiro atoms. The molecule has 0 saturated carbocycles. The van der Waals surface area contributed by atoms with Crippen molar-refractivity contribution < 1.29 is 31.5 Å². The topological polar surface area (TPSA) is 69.0 Å². The van der Waals surface area contributed by atoms with Gasteiger partial charge in [-0.15, -0.1) is 10.2 Å². The second-order valence-electron chi connectivity index (χ2n) is 4.30. The minimum absolute atomic E-state index is 0.244. The number of carbonyl (C=O) groups excluding carboxylic acids is 1. The Morgan fingerprint density at radius 3 is 2.60 bits per heavy atom. The molecule has 0 radical (unpaired) electrons. The number of carbonyl (C=O) groups is 1. The van der Waals surface area contributed by atoms with Crippen LogP contribution in [-0.2, 0) is 6.18 Å². The third-order valence-corrected chi connectivity index (χ3v) is 3.81. The molecule has 136 valence electrons. The maximum atomic E-state index is 13.0. The van der Waals surface area contributed by atoms with Crippen molar-refractivity contribution in [3.05, 3.63) is 34.1 Å². The van der Waals surface area contributed by atoms with Crippen LogP contribution in [0.4, 0.5) is 22.0 Å². The average molecular weight is 447 g/mol. The summed E-state index contributed by atoms with van der Waals surface area (Å²) in [4.78, 5) is 12.3. The van der Waals surface area contributed by atoms with Crippen molar-refractivity contribution in [3.63, 3.8) is 0 Å². The Kier molecular flexibility index (Phi) is 5.87. The molecule has 0 bridgehead atoms. The van der Waals surface area contributed by atoms with Gasteiger partial charge in [0.05, 0.1) is 5.56 Å². The van der Waals surface area contributed by atoms with E-state index >= 15 is 0 Å². The Labute approximate surface area is 149 Å². The highest BCUT2D eigenvalue weighted by Crippen LogP contribution is 2.30. The maximum absolute atomic E-state index is 13.0. The summed E-state index contributed by atoms with van der Waals surface area (Å²) >= 11 is 3.85. The molecule has 0 aliphatic carbocycles. The molecule has 0 aliphatic rings. The second-order valence-corrected chi connectivity index (χ2v) is 5.99. The van der Waals surface area contributed by atoms with Gasteiger partial charge in [0.15, 0.2) is 0 Å². The van der Waals surface area contributed by atoms with E-state index in [0.29, 0.717) is 9.15 Å². The van der Waals surface area contributed by atoms with E-state index < -0.39 is 35.8 Å². The Bertz CT molecular complexity index is 783. The highest BCUT2D eigenvalue weighted by molar-refractivity contribution is 9.10. The Hall–Kier alpha value is -1.89. The fraction of sp³-hybridized carbons (Fsp3) is 0.250. The number of amides is 1. The molecular weight excluding hydrogens is 439 g/mol. The monoisotopic (exact) mass is 446 g/mol. The number of aromatic nitrogens is 3. The van der Waals surface area contributed by atoms with Crippen LogP contribution in [-0.4, -0.2) is 33.6 Å². The zero-order chi connectivity index (χ0) is 18.8. The lowest BCUT2D eigenvalue weighted by Gasteiger charge is -2.14. The lowest BCUT2D eigenvalue weighted by molar-refractivity contribution is -0.146. The van der Waals surface area contributed by atoms with Crippen LogP contribution >= 0.6 is 27.7 Å². The van der Waals surface area contributed by atoms with Crippen LogP contribution in [0.15, 0.2) is 27.8 Å². The molecule has 6 nitrogen and oxygen atoms in total. The fourth-order valence-corrected chi connectivity index (χ4v) is 2.52. The molecule has 13 heteroatoms. The summed E-state index contributed by atoms with van der Waals surface area (Å²) in [7, 11) is 0. The van der Waals surface area contributed by atoms with Crippen LogP contribution in [0.5, 0.6) is 5.75 Å². The molecule has 1 N–H and O–H groups in total. The molecule has 1 amide bonds. The normalized spacial score (nSPS) is 11.7. The minimum atomic E-state index is -4.88. The van der Waals surface area contributed by atoms with Crippen LogP contribution in [0.25, 0.3) is 0 Å². The molecule has 0 saturated heterocycles. The van der Waals surface area contributed by atoms with Crippen molar-refractivity contribution in [3.8, 4) is 5.75 Å². The molecule has 0 atom stereocenters. The molecule has 25 heavy (non-hydrogen) atoms. The largest absolute Gasteiger partial charge is 0.453 e. The first-order valence-electron chi connectivity index (χ1n) is 6.25. The quantitative estimate of drug-likeness (QED) is 0.559. The van der Waals surface area contributed by atoms with Gasteiger partial charge in [-0.3, -0.25) is 10.2 Å². The highest BCUT2D eigenvalue weighted by Gasteiger charge is 2.39. The highest BCUT2D eigenvalue weighted by atomic mass is 79.9. The van der Waals surface area contributed by atoms with E-state index in [1.54, 1.807) is 0 Å². The number of nitrogens with zero attached hydrogens (tertiary/aromatic N) is 3. The van der Waals surface area contributed by atoms with Gasteiger partial charge < -0.3 is 4.74 Å². The van der Waals surface area contributed by atoms with Crippen LogP contribution in [0.3, 0.4) is 0 Å². The van der Waals surface area contributed by atoms with E-state index in [2.05, 4.69) is 30.9 Å². The zero-order valence-electron chi connectivity index (χ0n) is 12.1. The smallest absolute Gasteiger partial charge is 0.434 e. The van der Waals surface area contributed by atoms with E-state index in [-0.39, 0.29) is 5.16 Å². The average Bonchev–Trinajstić information content (AvgIpc) is 2.91. The number of thioether (sulfide) groups is 1. The number of rotatable bonds is 5. The van der Waals surface area contributed by atoms with Gasteiger partial charge in [0.25, 0.3) is 11.7 Å². The van der Waals surface area contributed by atoms with E-state index in [1.165, 1.54) is 12.3 Å². The van der Waals surface area contributed by atoms with E-state index in [9.17, 15) is 26.7 Å². The van der Waals surface area contributed by atoms with Gasteiger partial charge in [-0.1, -0.05) is 27.7 Å². The van der Waals surface area contributed by atoms with Crippen molar-refractivity contribution in [1.29, 1.82) is 0 Å². The zero-order valence-corrected chi connectivity index (χ0v) is 14.5. The van der Waals surface area contributed by atoms with Gasteiger partial charge in [0.1, 0.15) is 5.75 Å². The van der Waals surface area contributed by atoms with Crippen molar-refractivity contribution in [2.45, 2.75) is 17.9 Å². The Morgan fingerprint density at radius 1 is 1.36 bits per heavy atom. The number of hydrogen-bond acceptors (Lipinski definition) is 5. The number of ether oxygens (including phenoxy) is 1. The van der Waals surface area contributed by atoms with E-state index in [0.717, 1.165) is 23.9 Å². The predicted octanol–water partition coefficient (Wildman–Crippen LogP) is 3.77. The molecule has 1 aromatic heterocycles. The van der Waals surface area contributed by atoms with Crippen LogP contribution in [0, 0.1) is 0 Å². The van der Waals surface area contributed by atoms with Gasteiger partial charge in [0, 0.05) is 4.47 Å². The third kappa shape index (κ3) is 4.60. The third-order valence-electron chi connectivity index (χ3n) is 2.69. The molecule has 0 aliphatic heterocycles. The maximum Gasteiger partial charge on any atom is 0.453 e. The first-order chi connectivity index (χ1) is 11.6. The summed E-state index contributed by atoms with van der Waals surface area (Å²) < 4.78 is 68.6. The molecule has 0 unspecified atom stereocenters. The van der Waals surface area contributed by atoms with Crippen molar-refractivity contribution in [1.82, 2.24) is 14.9 Å². The standard InChI is InChI=1S/C12H8BrF5N4O2S/c1-25-11-20-19-9(12(16,17)18)22(11)21-8(23)6-4-5(13)2-3-7(6)24-10(14)15/h2-4,10H,1H3,(H,21,23). The van der Waals surface area contributed by atoms with Gasteiger partial charge in [-0.05, 0) is 24.5 Å². The molecule has 2 rings (SSSR count). The van der Waals surface area contributed by atoms with Crippen LogP contribution in [0.1, 0.15) is 16.2 Å². The first-order valence-corrected chi connectivity index (χ1v) is 8.27. The van der Waals surface area contributed by atoms with E-state index in [4.69, 9.17) is 0 Å². The molecule has 1 heterocycles. The molecule has 2 aromatic rings. The van der Waals surface area contributed by atoms with Gasteiger partial charge >= 0.3 is 12.8 Å². The lowest BCUT2D eigenvalue weighted by atomic mass is 10.2. The van der Waals surface area contributed by atoms with Crippen LogP contribution < -0.4 is 10.2 Å². The summed E-state index contributed by atoms with van der Waals surface area (Å²) in [6, 6.07) is 3.54. The van der Waals surface area contributed by atoms with E-state index in [1.807, 2.05) is 5.43 Å². The summed E-state index contributed by atoms with van der Waals surface area (Å²) in [6.07, 6.45) is -3.45. The Balaban J connectivity index is 2.41. The number of alkyl halides is 5. The summed E-state index contributed by atoms with van der Waals surface area (Å²) in [5, 5.41) is 6.06. The van der Waals surface area contributed by atoms with Crippen molar-refractivity contribution in [2.75, 3.05) is 11.7 Å². The SMILES string of the molecule is CSc1nnc(C(F)(F)F)n1NC(=O)c1cc(Br)ccc1OC(F)F. The number of nitrogens with one attached hydrogen (secondary N) is 1. The number of hydrogen-bond donors (Lipinski definition) is 1. The molecule has 1 aromatic carbocycles. The van der Waals surface area contributed by atoms with Crippen LogP contribution in [0.2, 0.25) is 0 Å². The summed E-state index contributed by atoms with van der Waals surface area (Å²) in [6.45, 7) is -3.21. The lowest BCUT2D eigenvalue weighted by Crippen LogP contribution is -2.29. The second kappa shape index (κ2) is 7.56. The van der Waals surface area contributed by atoms with Gasteiger partial charge in [-0.25, -0.2) is 4.68 Å². The first kappa shape index (κ1) is 19.4. The van der Waals surface area contributed by atoms with Crippen molar-refractivity contribution >= 4 is 33.6 Å². The number of halogens is 6. The molecule has 0 fully saturated rings.